The number of hydrogen-bond donors (Lipinski definition) is 2. The number of anilines is 2. The third-order valence-corrected chi connectivity index (χ3v) is 2.78. The Kier molecular flexibility index (Phi) is 3.66. The number of nitrogens with one attached hydrogen (secondary N) is 1. The van der Waals surface area contributed by atoms with Gasteiger partial charge in [0.05, 0.1) is 6.26 Å². The molecule has 7 heteroatoms. The molecule has 0 spiro atoms. The number of pyridine rings is 1. The minimum atomic E-state index is -0.836. The molecule has 0 aliphatic heterocycles. The normalized spacial score (nSPS) is 10.6. The van der Waals surface area contributed by atoms with Crippen molar-refractivity contribution in [3.05, 3.63) is 41.4 Å². The highest BCUT2D eigenvalue weighted by Crippen LogP contribution is 2.23. The molecule has 2 aromatic rings. The van der Waals surface area contributed by atoms with Gasteiger partial charge >= 0.3 is 0 Å². The number of halogens is 2. The van der Waals surface area contributed by atoms with E-state index in [0.717, 1.165) is 17.4 Å². The summed E-state index contributed by atoms with van der Waals surface area (Å²) in [7, 11) is 1.65. The summed E-state index contributed by atoms with van der Waals surface area (Å²) in [6, 6.07) is 2.53. The second-order valence-corrected chi connectivity index (χ2v) is 4.13. The largest absolute Gasteiger partial charge is 0.469 e. The highest BCUT2D eigenvalue weighted by molar-refractivity contribution is 5.48. The number of nitrogens with zero attached hydrogens (tertiary/aromatic N) is 2. The Morgan fingerprint density at radius 2 is 2.16 bits per heavy atom. The van der Waals surface area contributed by atoms with Crippen LogP contribution < -0.4 is 16.2 Å². The molecule has 0 amide bonds. The Morgan fingerprint density at radius 1 is 1.42 bits per heavy atom. The number of aromatic nitrogens is 1. The molecule has 0 saturated heterocycles. The van der Waals surface area contributed by atoms with Crippen molar-refractivity contribution in [3.63, 3.8) is 0 Å². The summed E-state index contributed by atoms with van der Waals surface area (Å²) in [5, 5.41) is 0. The Morgan fingerprint density at radius 3 is 2.74 bits per heavy atom. The molecular formula is C12H14F2N4O. The van der Waals surface area contributed by atoms with Crippen molar-refractivity contribution in [1.29, 1.82) is 0 Å². The van der Waals surface area contributed by atoms with Gasteiger partial charge in [0.2, 0.25) is 0 Å². The smallest absolute Gasteiger partial charge is 0.178 e. The number of aryl methyl sites for hydroxylation is 1. The van der Waals surface area contributed by atoms with Gasteiger partial charge < -0.3 is 14.7 Å². The summed E-state index contributed by atoms with van der Waals surface area (Å²) < 4.78 is 32.1. The van der Waals surface area contributed by atoms with E-state index in [2.05, 4.69) is 10.4 Å². The first-order valence-corrected chi connectivity index (χ1v) is 5.59. The van der Waals surface area contributed by atoms with Gasteiger partial charge in [0.1, 0.15) is 5.76 Å². The molecule has 19 heavy (non-hydrogen) atoms. The highest BCUT2D eigenvalue weighted by atomic mass is 19.1. The van der Waals surface area contributed by atoms with E-state index in [1.807, 2.05) is 6.92 Å². The van der Waals surface area contributed by atoms with E-state index < -0.39 is 11.6 Å². The van der Waals surface area contributed by atoms with E-state index >= 15 is 0 Å². The van der Waals surface area contributed by atoms with Crippen molar-refractivity contribution in [2.45, 2.75) is 13.5 Å². The number of rotatable bonds is 4. The molecule has 0 unspecified atom stereocenters. The standard InChI is InChI=1S/C12H14F2N4O/c1-7-8(3-4-19-7)6-18(2)12-10(14)5-9(13)11(16-12)17-15/h3-5H,6,15H2,1-2H3,(H,16,17). The zero-order valence-corrected chi connectivity index (χ0v) is 10.6. The first-order chi connectivity index (χ1) is 9.02. The topological polar surface area (TPSA) is 67.3 Å². The number of nitrogens with two attached hydrogens (primary N) is 1. The Labute approximate surface area is 109 Å². The van der Waals surface area contributed by atoms with Crippen LogP contribution in [-0.2, 0) is 6.54 Å². The summed E-state index contributed by atoms with van der Waals surface area (Å²) in [5.41, 5.74) is 2.99. The van der Waals surface area contributed by atoms with Crippen LogP contribution in [0.2, 0.25) is 0 Å². The SMILES string of the molecule is Cc1occc1CN(C)c1nc(NN)c(F)cc1F. The van der Waals surface area contributed by atoms with Crippen LogP contribution in [0.3, 0.4) is 0 Å². The van der Waals surface area contributed by atoms with Gasteiger partial charge in [-0.3, -0.25) is 0 Å². The van der Waals surface area contributed by atoms with Gasteiger partial charge in [-0.05, 0) is 13.0 Å². The quantitative estimate of drug-likeness (QED) is 0.657. The van der Waals surface area contributed by atoms with Gasteiger partial charge in [-0.15, -0.1) is 0 Å². The molecule has 0 saturated carbocycles. The number of hydrazine groups is 1. The molecule has 102 valence electrons. The van der Waals surface area contributed by atoms with Gasteiger partial charge in [0, 0.05) is 25.2 Å². The number of hydrogen-bond acceptors (Lipinski definition) is 5. The van der Waals surface area contributed by atoms with Crippen molar-refractivity contribution in [1.82, 2.24) is 4.98 Å². The average molecular weight is 268 g/mol. The number of furan rings is 1. The molecule has 0 aliphatic carbocycles. The third kappa shape index (κ3) is 2.65. The molecule has 0 fully saturated rings. The molecule has 0 atom stereocenters. The van der Waals surface area contributed by atoms with Gasteiger partial charge in [-0.1, -0.05) is 0 Å². The third-order valence-electron chi connectivity index (χ3n) is 2.78. The lowest BCUT2D eigenvalue weighted by molar-refractivity contribution is 0.528. The van der Waals surface area contributed by atoms with Crippen molar-refractivity contribution in [2.75, 3.05) is 17.4 Å². The van der Waals surface area contributed by atoms with Crippen LogP contribution in [0.15, 0.2) is 22.8 Å². The van der Waals surface area contributed by atoms with Crippen LogP contribution in [-0.4, -0.2) is 12.0 Å². The zero-order valence-electron chi connectivity index (χ0n) is 10.6. The maximum Gasteiger partial charge on any atom is 0.178 e. The minimum Gasteiger partial charge on any atom is -0.469 e. The second kappa shape index (κ2) is 5.23. The lowest BCUT2D eigenvalue weighted by atomic mass is 10.2. The second-order valence-electron chi connectivity index (χ2n) is 4.13. The fourth-order valence-electron chi connectivity index (χ4n) is 1.73. The van der Waals surface area contributed by atoms with Crippen LogP contribution >= 0.6 is 0 Å². The molecular weight excluding hydrogens is 254 g/mol. The van der Waals surface area contributed by atoms with E-state index in [1.165, 1.54) is 0 Å². The Hall–Kier alpha value is -2.15. The maximum absolute atomic E-state index is 13.7. The molecule has 0 radical (unpaired) electrons. The van der Waals surface area contributed by atoms with Gasteiger partial charge in [0.15, 0.2) is 23.3 Å². The van der Waals surface area contributed by atoms with Crippen molar-refractivity contribution in [2.24, 2.45) is 5.84 Å². The van der Waals surface area contributed by atoms with Crippen LogP contribution in [0.1, 0.15) is 11.3 Å². The molecule has 2 rings (SSSR count). The van der Waals surface area contributed by atoms with E-state index in [4.69, 9.17) is 10.3 Å². The van der Waals surface area contributed by atoms with E-state index in [9.17, 15) is 8.78 Å². The predicted octanol–water partition coefficient (Wildman–Crippen LogP) is 2.18. The van der Waals surface area contributed by atoms with Crippen LogP contribution in [0.4, 0.5) is 20.4 Å². The van der Waals surface area contributed by atoms with E-state index in [-0.39, 0.29) is 11.6 Å². The molecule has 2 heterocycles. The van der Waals surface area contributed by atoms with E-state index in [1.54, 1.807) is 24.3 Å². The average Bonchev–Trinajstić information content (AvgIpc) is 2.75. The summed E-state index contributed by atoms with van der Waals surface area (Å²) in [6.45, 7) is 2.20. The Balaban J connectivity index is 2.28. The monoisotopic (exact) mass is 268 g/mol. The van der Waals surface area contributed by atoms with E-state index in [0.29, 0.717) is 6.54 Å². The fraction of sp³-hybridized carbons (Fsp3) is 0.250. The lowest BCUT2D eigenvalue weighted by Gasteiger charge is -2.19. The molecule has 0 aliphatic rings. The predicted molar refractivity (Wildman–Crippen MR) is 67.5 cm³/mol. The van der Waals surface area contributed by atoms with Gasteiger partial charge in [-0.25, -0.2) is 19.6 Å². The zero-order chi connectivity index (χ0) is 14.0. The van der Waals surface area contributed by atoms with Crippen LogP contribution in [0, 0.1) is 18.6 Å². The summed E-state index contributed by atoms with van der Waals surface area (Å²) >= 11 is 0. The molecule has 0 aromatic carbocycles. The molecule has 0 bridgehead atoms. The van der Waals surface area contributed by atoms with Crippen molar-refractivity contribution in [3.8, 4) is 0 Å². The highest BCUT2D eigenvalue weighted by Gasteiger charge is 2.16. The minimum absolute atomic E-state index is 0.00921. The number of nitrogen functional groups attached to an aromatic ring is 1. The lowest BCUT2D eigenvalue weighted by Crippen LogP contribution is -2.21. The van der Waals surface area contributed by atoms with Crippen molar-refractivity contribution < 1.29 is 13.2 Å². The summed E-state index contributed by atoms with van der Waals surface area (Å²) in [5.74, 6) is 4.08. The first kappa shape index (κ1) is 13.3. The summed E-state index contributed by atoms with van der Waals surface area (Å²) in [4.78, 5) is 5.36. The van der Waals surface area contributed by atoms with Crippen LogP contribution in [0.25, 0.3) is 0 Å². The summed E-state index contributed by atoms with van der Waals surface area (Å²) in [6.07, 6.45) is 1.56. The van der Waals surface area contributed by atoms with Gasteiger partial charge in [0.25, 0.3) is 0 Å². The molecule has 5 nitrogen and oxygen atoms in total. The van der Waals surface area contributed by atoms with Crippen LogP contribution in [0.5, 0.6) is 0 Å². The van der Waals surface area contributed by atoms with Crippen molar-refractivity contribution >= 4 is 11.6 Å². The molecule has 2 aromatic heterocycles. The van der Waals surface area contributed by atoms with Gasteiger partial charge in [-0.2, -0.15) is 0 Å². The Bertz CT molecular complexity index is 585. The fourth-order valence-corrected chi connectivity index (χ4v) is 1.73. The maximum atomic E-state index is 13.7. The first-order valence-electron chi connectivity index (χ1n) is 5.59. The molecule has 3 N–H and O–H groups in total.